The molecule has 0 aliphatic heterocycles. The highest BCUT2D eigenvalue weighted by Crippen LogP contribution is 2.43. The molecular formula is C16H20O2. The molecule has 0 aromatic heterocycles. The first-order valence-corrected chi connectivity index (χ1v) is 6.69. The van der Waals surface area contributed by atoms with Gasteiger partial charge in [0.25, 0.3) is 0 Å². The van der Waals surface area contributed by atoms with Gasteiger partial charge in [-0.25, -0.2) is 0 Å². The predicted molar refractivity (Wildman–Crippen MR) is 72.0 cm³/mol. The number of aliphatic hydroxyl groups excluding tert-OH is 2. The van der Waals surface area contributed by atoms with E-state index < -0.39 is 12.2 Å². The summed E-state index contributed by atoms with van der Waals surface area (Å²) in [7, 11) is 0. The summed E-state index contributed by atoms with van der Waals surface area (Å²) in [5.41, 5.74) is 6.78. The van der Waals surface area contributed by atoms with E-state index in [-0.39, 0.29) is 0 Å². The zero-order valence-electron chi connectivity index (χ0n) is 11.0. The lowest BCUT2D eigenvalue weighted by molar-refractivity contribution is 0.192. The quantitative estimate of drug-likeness (QED) is 0.643. The minimum Gasteiger partial charge on any atom is -0.384 e. The molecule has 0 atom stereocenters. The molecule has 3 aliphatic carbocycles. The van der Waals surface area contributed by atoms with E-state index in [4.69, 9.17) is 0 Å². The molecule has 0 radical (unpaired) electrons. The second kappa shape index (κ2) is 4.22. The fourth-order valence-corrected chi connectivity index (χ4v) is 3.34. The van der Waals surface area contributed by atoms with Gasteiger partial charge < -0.3 is 10.2 Å². The Hall–Kier alpha value is -1.12. The topological polar surface area (TPSA) is 40.5 Å². The van der Waals surface area contributed by atoms with E-state index in [1.54, 1.807) is 0 Å². The van der Waals surface area contributed by atoms with Crippen molar-refractivity contribution in [2.24, 2.45) is 0 Å². The van der Waals surface area contributed by atoms with Crippen LogP contribution in [0.25, 0.3) is 0 Å². The standard InChI is InChI=1S/C16H20O2/c1-9-3-5-11-13(7-9)16(18)14-8-10(2)4-6-12(14)15(11)17/h3-4,15-18H,5-8H2,1-2H3. The number of hydrogen-bond donors (Lipinski definition) is 2. The van der Waals surface area contributed by atoms with Crippen LogP contribution in [-0.4, -0.2) is 22.4 Å². The van der Waals surface area contributed by atoms with Crippen molar-refractivity contribution in [3.05, 3.63) is 45.6 Å². The Labute approximate surface area is 108 Å². The summed E-state index contributed by atoms with van der Waals surface area (Å²) in [5, 5.41) is 21.1. The third kappa shape index (κ3) is 1.72. The maximum absolute atomic E-state index is 10.6. The third-order valence-electron chi connectivity index (χ3n) is 4.42. The lowest BCUT2D eigenvalue weighted by Gasteiger charge is -2.37. The van der Waals surface area contributed by atoms with Gasteiger partial charge in [0.05, 0.1) is 12.2 Å². The van der Waals surface area contributed by atoms with E-state index in [1.807, 2.05) is 0 Å². The highest BCUT2D eigenvalue weighted by atomic mass is 16.3. The molecule has 0 aromatic rings. The Morgan fingerprint density at radius 3 is 1.61 bits per heavy atom. The van der Waals surface area contributed by atoms with Crippen molar-refractivity contribution in [2.45, 2.75) is 51.7 Å². The van der Waals surface area contributed by atoms with Gasteiger partial charge in [-0.1, -0.05) is 23.3 Å². The van der Waals surface area contributed by atoms with Gasteiger partial charge in [0.2, 0.25) is 0 Å². The van der Waals surface area contributed by atoms with Crippen LogP contribution in [0, 0.1) is 0 Å². The van der Waals surface area contributed by atoms with E-state index in [0.717, 1.165) is 48.0 Å². The van der Waals surface area contributed by atoms with Crippen LogP contribution >= 0.6 is 0 Å². The summed E-state index contributed by atoms with van der Waals surface area (Å²) in [4.78, 5) is 0. The van der Waals surface area contributed by atoms with Crippen molar-refractivity contribution in [1.29, 1.82) is 0 Å². The summed E-state index contributed by atoms with van der Waals surface area (Å²) in [6.07, 6.45) is 6.62. The van der Waals surface area contributed by atoms with E-state index in [0.29, 0.717) is 0 Å². The van der Waals surface area contributed by atoms with E-state index in [9.17, 15) is 10.2 Å². The lowest BCUT2D eigenvalue weighted by atomic mass is 9.72. The molecule has 0 saturated carbocycles. The average Bonchev–Trinajstić information content (AvgIpc) is 2.35. The van der Waals surface area contributed by atoms with Gasteiger partial charge in [-0.05, 0) is 61.8 Å². The van der Waals surface area contributed by atoms with Gasteiger partial charge in [0.1, 0.15) is 0 Å². The Morgan fingerprint density at radius 1 is 0.778 bits per heavy atom. The molecule has 0 aromatic carbocycles. The SMILES string of the molecule is CC1=CCC2=C(C1)C(O)C1=C(CC=C(C)C1)C2O. The highest BCUT2D eigenvalue weighted by molar-refractivity contribution is 5.50. The minimum absolute atomic E-state index is 0.466. The van der Waals surface area contributed by atoms with Gasteiger partial charge in [0.15, 0.2) is 0 Å². The van der Waals surface area contributed by atoms with Gasteiger partial charge in [-0.3, -0.25) is 0 Å². The fraction of sp³-hybridized carbons (Fsp3) is 0.500. The summed E-state index contributed by atoms with van der Waals surface area (Å²) >= 11 is 0. The molecule has 3 rings (SSSR count). The van der Waals surface area contributed by atoms with Gasteiger partial charge >= 0.3 is 0 Å². The molecule has 0 bridgehead atoms. The number of aliphatic hydroxyl groups is 2. The Morgan fingerprint density at radius 2 is 1.17 bits per heavy atom. The Balaban J connectivity index is 1.98. The van der Waals surface area contributed by atoms with E-state index in [1.165, 1.54) is 11.1 Å². The summed E-state index contributed by atoms with van der Waals surface area (Å²) < 4.78 is 0. The van der Waals surface area contributed by atoms with Crippen molar-refractivity contribution < 1.29 is 10.2 Å². The summed E-state index contributed by atoms with van der Waals surface area (Å²) in [5.74, 6) is 0. The average molecular weight is 244 g/mol. The lowest BCUT2D eigenvalue weighted by Crippen LogP contribution is -2.32. The second-order valence-corrected chi connectivity index (χ2v) is 5.77. The highest BCUT2D eigenvalue weighted by Gasteiger charge is 2.35. The van der Waals surface area contributed by atoms with Crippen LogP contribution < -0.4 is 0 Å². The number of rotatable bonds is 0. The monoisotopic (exact) mass is 244 g/mol. The third-order valence-corrected chi connectivity index (χ3v) is 4.42. The number of allylic oxidation sites excluding steroid dienone is 4. The molecule has 2 N–H and O–H groups in total. The number of hydrogen-bond acceptors (Lipinski definition) is 2. The molecule has 96 valence electrons. The van der Waals surface area contributed by atoms with E-state index in [2.05, 4.69) is 26.0 Å². The molecule has 0 unspecified atom stereocenters. The molecular weight excluding hydrogens is 224 g/mol. The van der Waals surface area contributed by atoms with Crippen LogP contribution in [0.5, 0.6) is 0 Å². The van der Waals surface area contributed by atoms with Crippen LogP contribution in [0.1, 0.15) is 39.5 Å². The van der Waals surface area contributed by atoms with Crippen molar-refractivity contribution in [2.75, 3.05) is 0 Å². The molecule has 0 saturated heterocycles. The largest absolute Gasteiger partial charge is 0.384 e. The molecule has 2 nitrogen and oxygen atoms in total. The minimum atomic E-state index is -0.467. The van der Waals surface area contributed by atoms with E-state index >= 15 is 0 Å². The first-order chi connectivity index (χ1) is 8.58. The van der Waals surface area contributed by atoms with Gasteiger partial charge in [-0.2, -0.15) is 0 Å². The van der Waals surface area contributed by atoms with Crippen molar-refractivity contribution >= 4 is 0 Å². The van der Waals surface area contributed by atoms with Crippen LogP contribution in [0.3, 0.4) is 0 Å². The zero-order chi connectivity index (χ0) is 12.9. The van der Waals surface area contributed by atoms with Crippen LogP contribution in [0.15, 0.2) is 45.6 Å². The predicted octanol–water partition coefficient (Wildman–Crippen LogP) is 2.80. The molecule has 2 heteroatoms. The molecule has 0 heterocycles. The normalized spacial score (nSPS) is 31.8. The fourth-order valence-electron chi connectivity index (χ4n) is 3.34. The molecule has 0 spiro atoms. The maximum Gasteiger partial charge on any atom is 0.0974 e. The molecule has 3 aliphatic rings. The molecule has 0 amide bonds. The van der Waals surface area contributed by atoms with Gasteiger partial charge in [0, 0.05) is 0 Å². The van der Waals surface area contributed by atoms with Crippen molar-refractivity contribution in [3.8, 4) is 0 Å². The Bertz CT molecular complexity index is 471. The first-order valence-electron chi connectivity index (χ1n) is 6.69. The first kappa shape index (κ1) is 11.9. The van der Waals surface area contributed by atoms with Crippen LogP contribution in [-0.2, 0) is 0 Å². The van der Waals surface area contributed by atoms with Crippen molar-refractivity contribution in [3.63, 3.8) is 0 Å². The summed E-state index contributed by atoms with van der Waals surface area (Å²) in [6.45, 7) is 4.19. The van der Waals surface area contributed by atoms with Gasteiger partial charge in [-0.15, -0.1) is 0 Å². The van der Waals surface area contributed by atoms with Crippen LogP contribution in [0.2, 0.25) is 0 Å². The van der Waals surface area contributed by atoms with Crippen molar-refractivity contribution in [1.82, 2.24) is 0 Å². The maximum atomic E-state index is 10.6. The smallest absolute Gasteiger partial charge is 0.0974 e. The Kier molecular flexibility index (Phi) is 2.80. The molecule has 18 heavy (non-hydrogen) atoms. The summed E-state index contributed by atoms with van der Waals surface area (Å²) in [6, 6.07) is 0. The zero-order valence-corrected chi connectivity index (χ0v) is 11.0. The second-order valence-electron chi connectivity index (χ2n) is 5.77. The van der Waals surface area contributed by atoms with Crippen LogP contribution in [0.4, 0.5) is 0 Å². The molecule has 0 fully saturated rings.